The molecule has 4 heterocycles. The molecule has 25 heavy (non-hydrogen) atoms. The molecule has 2 aliphatic rings. The molecular weight excluding hydrogens is 336 g/mol. The lowest BCUT2D eigenvalue weighted by Crippen LogP contribution is -2.42. The van der Waals surface area contributed by atoms with Crippen LogP contribution in [0.2, 0.25) is 0 Å². The summed E-state index contributed by atoms with van der Waals surface area (Å²) < 4.78 is 5.49. The lowest BCUT2D eigenvalue weighted by atomic mass is 9.94. The Kier molecular flexibility index (Phi) is 4.85. The van der Waals surface area contributed by atoms with E-state index < -0.39 is 0 Å². The van der Waals surface area contributed by atoms with Crippen LogP contribution in [0.1, 0.15) is 44.5 Å². The molecule has 2 aromatic heterocycles. The van der Waals surface area contributed by atoms with E-state index in [1.54, 1.807) is 11.3 Å². The fourth-order valence-electron chi connectivity index (χ4n) is 3.80. The number of nitrogens with zero attached hydrogens (tertiary/aromatic N) is 4. The molecule has 1 atom stereocenters. The van der Waals surface area contributed by atoms with Crippen LogP contribution in [0.25, 0.3) is 10.7 Å². The molecule has 1 unspecified atom stereocenters. The lowest BCUT2D eigenvalue weighted by Gasteiger charge is -2.35. The number of piperidine rings is 1. The molecule has 2 saturated heterocycles. The Morgan fingerprint density at radius 1 is 1.28 bits per heavy atom. The quantitative estimate of drug-likeness (QED) is 0.838. The molecule has 0 spiro atoms. The summed E-state index contributed by atoms with van der Waals surface area (Å²) >= 11 is 1.61. The average molecular weight is 360 g/mol. The molecule has 1 amide bonds. The second-order valence-corrected chi connectivity index (χ2v) is 7.90. The van der Waals surface area contributed by atoms with E-state index >= 15 is 0 Å². The van der Waals surface area contributed by atoms with E-state index in [4.69, 9.17) is 4.52 Å². The van der Waals surface area contributed by atoms with Gasteiger partial charge < -0.3 is 9.42 Å². The van der Waals surface area contributed by atoms with Crippen molar-refractivity contribution < 1.29 is 9.32 Å². The summed E-state index contributed by atoms with van der Waals surface area (Å²) in [6, 6.07) is 4.07. The number of aromatic nitrogens is 2. The van der Waals surface area contributed by atoms with Gasteiger partial charge in [-0.3, -0.25) is 9.69 Å². The van der Waals surface area contributed by atoms with Crippen molar-refractivity contribution in [3.05, 3.63) is 23.4 Å². The monoisotopic (exact) mass is 360 g/mol. The van der Waals surface area contributed by atoms with Gasteiger partial charge >= 0.3 is 0 Å². The number of carbonyl (C=O) groups is 1. The zero-order valence-electron chi connectivity index (χ0n) is 14.6. The Bertz CT molecular complexity index is 700. The molecular formula is C18H24N4O2S. The topological polar surface area (TPSA) is 62.5 Å². The van der Waals surface area contributed by atoms with Crippen LogP contribution in [0.3, 0.4) is 0 Å². The van der Waals surface area contributed by atoms with Crippen LogP contribution < -0.4 is 0 Å². The Hall–Kier alpha value is -1.73. The van der Waals surface area contributed by atoms with Crippen molar-refractivity contribution >= 4 is 17.2 Å². The van der Waals surface area contributed by atoms with E-state index in [1.165, 1.54) is 0 Å². The van der Waals surface area contributed by atoms with Crippen LogP contribution in [-0.4, -0.2) is 52.0 Å². The fourth-order valence-corrected chi connectivity index (χ4v) is 4.45. The third-order valence-electron chi connectivity index (χ3n) is 5.38. The van der Waals surface area contributed by atoms with Gasteiger partial charge in [-0.15, -0.1) is 11.3 Å². The van der Waals surface area contributed by atoms with Crippen molar-refractivity contribution in [2.24, 2.45) is 5.92 Å². The predicted octanol–water partition coefficient (Wildman–Crippen LogP) is 3.19. The first kappa shape index (κ1) is 16.7. The van der Waals surface area contributed by atoms with E-state index in [0.717, 1.165) is 56.7 Å². The normalized spacial score (nSPS) is 20.9. The van der Waals surface area contributed by atoms with Gasteiger partial charge in [-0.1, -0.05) is 11.2 Å². The number of amides is 1. The number of carbonyl (C=O) groups excluding carboxylic acids is 1. The zero-order valence-corrected chi connectivity index (χ0v) is 15.4. The van der Waals surface area contributed by atoms with E-state index in [-0.39, 0.29) is 12.0 Å². The highest BCUT2D eigenvalue weighted by atomic mass is 32.1. The Morgan fingerprint density at radius 2 is 2.04 bits per heavy atom. The molecule has 2 aliphatic heterocycles. The predicted molar refractivity (Wildman–Crippen MR) is 96.1 cm³/mol. The highest BCUT2D eigenvalue weighted by molar-refractivity contribution is 7.13. The van der Waals surface area contributed by atoms with Crippen LogP contribution >= 0.6 is 11.3 Å². The molecule has 0 saturated carbocycles. The van der Waals surface area contributed by atoms with Crippen LogP contribution in [0, 0.1) is 5.92 Å². The molecule has 2 aromatic rings. The van der Waals surface area contributed by atoms with Gasteiger partial charge in [0, 0.05) is 19.0 Å². The molecule has 0 N–H and O–H groups in total. The van der Waals surface area contributed by atoms with Crippen LogP contribution in [0.4, 0.5) is 0 Å². The molecule has 134 valence electrons. The molecule has 6 nitrogen and oxygen atoms in total. The SMILES string of the molecule is CC(c1nc(-c2cccs2)no1)N1CCC(C(=O)N2CCCC2)CC1. The Morgan fingerprint density at radius 3 is 2.72 bits per heavy atom. The standard InChI is InChI=1S/C18H24N4O2S/c1-13(17-19-16(20-24-17)15-5-4-12-25-15)21-10-6-14(7-11-21)18(23)22-8-2-3-9-22/h4-5,12-14H,2-3,6-11H2,1H3. The minimum Gasteiger partial charge on any atom is -0.342 e. The molecule has 0 radical (unpaired) electrons. The van der Waals surface area contributed by atoms with Crippen molar-refractivity contribution in [2.75, 3.05) is 26.2 Å². The Labute approximate surface area is 151 Å². The Balaban J connectivity index is 1.35. The summed E-state index contributed by atoms with van der Waals surface area (Å²) in [7, 11) is 0. The first-order valence-electron chi connectivity index (χ1n) is 9.12. The molecule has 4 rings (SSSR count). The van der Waals surface area contributed by atoms with Crippen molar-refractivity contribution in [1.29, 1.82) is 0 Å². The molecule has 0 bridgehead atoms. The second-order valence-electron chi connectivity index (χ2n) is 6.95. The van der Waals surface area contributed by atoms with E-state index in [1.807, 2.05) is 17.5 Å². The van der Waals surface area contributed by atoms with Gasteiger partial charge in [0.15, 0.2) is 0 Å². The number of likely N-dealkylation sites (tertiary alicyclic amines) is 2. The van der Waals surface area contributed by atoms with Gasteiger partial charge in [-0.05, 0) is 57.1 Å². The van der Waals surface area contributed by atoms with Gasteiger partial charge in [0.05, 0.1) is 10.9 Å². The highest BCUT2D eigenvalue weighted by Crippen LogP contribution is 2.29. The second kappa shape index (κ2) is 7.25. The van der Waals surface area contributed by atoms with Gasteiger partial charge in [0.1, 0.15) is 0 Å². The fraction of sp³-hybridized carbons (Fsp3) is 0.611. The molecule has 0 aromatic carbocycles. The number of thiophene rings is 1. The maximum Gasteiger partial charge on any atom is 0.244 e. The highest BCUT2D eigenvalue weighted by Gasteiger charge is 2.32. The molecule has 0 aliphatic carbocycles. The van der Waals surface area contributed by atoms with Crippen LogP contribution in [0.15, 0.2) is 22.0 Å². The zero-order chi connectivity index (χ0) is 17.2. The van der Waals surface area contributed by atoms with E-state index in [0.29, 0.717) is 17.6 Å². The van der Waals surface area contributed by atoms with E-state index in [2.05, 4.69) is 26.9 Å². The third-order valence-corrected chi connectivity index (χ3v) is 6.25. The summed E-state index contributed by atoms with van der Waals surface area (Å²) in [5.74, 6) is 1.87. The lowest BCUT2D eigenvalue weighted by molar-refractivity contribution is -0.136. The molecule has 2 fully saturated rings. The number of rotatable bonds is 4. The largest absolute Gasteiger partial charge is 0.342 e. The van der Waals surface area contributed by atoms with Crippen molar-refractivity contribution in [2.45, 2.75) is 38.6 Å². The maximum absolute atomic E-state index is 12.5. The summed E-state index contributed by atoms with van der Waals surface area (Å²) in [4.78, 5) is 22.5. The average Bonchev–Trinajstić information content (AvgIpc) is 3.42. The summed E-state index contributed by atoms with van der Waals surface area (Å²) in [6.45, 7) is 5.81. The van der Waals surface area contributed by atoms with E-state index in [9.17, 15) is 4.79 Å². The van der Waals surface area contributed by atoms with Crippen molar-refractivity contribution in [3.8, 4) is 10.7 Å². The first-order valence-corrected chi connectivity index (χ1v) is 10.0. The summed E-state index contributed by atoms with van der Waals surface area (Å²) in [5.41, 5.74) is 0. The van der Waals surface area contributed by atoms with Gasteiger partial charge in [0.2, 0.25) is 17.6 Å². The van der Waals surface area contributed by atoms with Crippen molar-refractivity contribution in [1.82, 2.24) is 19.9 Å². The minimum absolute atomic E-state index is 0.0871. The third kappa shape index (κ3) is 3.48. The molecule has 7 heteroatoms. The smallest absolute Gasteiger partial charge is 0.244 e. The summed E-state index contributed by atoms with van der Waals surface area (Å²) in [5, 5.41) is 6.12. The van der Waals surface area contributed by atoms with Crippen LogP contribution in [0.5, 0.6) is 0 Å². The number of hydrogen-bond donors (Lipinski definition) is 0. The van der Waals surface area contributed by atoms with Gasteiger partial charge in [-0.25, -0.2) is 0 Å². The number of hydrogen-bond acceptors (Lipinski definition) is 6. The first-order chi connectivity index (χ1) is 12.2. The van der Waals surface area contributed by atoms with Gasteiger partial charge in [0.25, 0.3) is 0 Å². The minimum atomic E-state index is 0.0871. The van der Waals surface area contributed by atoms with Gasteiger partial charge in [-0.2, -0.15) is 4.98 Å². The maximum atomic E-state index is 12.5. The van der Waals surface area contributed by atoms with Crippen LogP contribution in [-0.2, 0) is 4.79 Å². The van der Waals surface area contributed by atoms with Crippen molar-refractivity contribution in [3.63, 3.8) is 0 Å². The summed E-state index contributed by atoms with van der Waals surface area (Å²) in [6.07, 6.45) is 4.16.